The molecule has 7 heteroatoms. The van der Waals surface area contributed by atoms with Gasteiger partial charge in [-0.3, -0.25) is 0 Å². The Kier molecular flexibility index (Phi) is 6.72. The summed E-state index contributed by atoms with van der Waals surface area (Å²) in [4.78, 5) is 23.8. The highest BCUT2D eigenvalue weighted by atomic mass is 28.4. The molecule has 0 bridgehead atoms. The molecule has 1 atom stereocenters. The molecule has 184 valence electrons. The van der Waals surface area contributed by atoms with Crippen molar-refractivity contribution in [1.29, 1.82) is 0 Å². The summed E-state index contributed by atoms with van der Waals surface area (Å²) in [7, 11) is -3.48. The molecule has 0 saturated carbocycles. The smallest absolute Gasteiger partial charge is 0.390 e. The Morgan fingerprint density at radius 1 is 1.03 bits per heavy atom. The average molecular weight is 501 g/mol. The Balaban J connectivity index is 1.39. The molecule has 0 saturated heterocycles. The quantitative estimate of drug-likeness (QED) is 0.282. The van der Waals surface area contributed by atoms with E-state index in [0.29, 0.717) is 6.42 Å². The van der Waals surface area contributed by atoms with Crippen molar-refractivity contribution in [1.82, 2.24) is 4.98 Å². The summed E-state index contributed by atoms with van der Waals surface area (Å²) in [6, 6.07) is 25.3. The molecule has 1 unspecified atom stereocenters. The van der Waals surface area contributed by atoms with Crippen LogP contribution in [-0.4, -0.2) is 30.0 Å². The molecule has 3 aromatic carbocycles. The molecule has 0 fully saturated rings. The van der Waals surface area contributed by atoms with E-state index >= 15 is 0 Å². The van der Waals surface area contributed by atoms with E-state index in [1.807, 2.05) is 48.5 Å². The number of nitrogens with zero attached hydrogens (tertiary/aromatic N) is 1. The van der Waals surface area contributed by atoms with Crippen LogP contribution in [0.4, 0.5) is 15.9 Å². The molecule has 0 amide bonds. The van der Waals surface area contributed by atoms with E-state index < -0.39 is 8.80 Å². The molecule has 0 spiro atoms. The van der Waals surface area contributed by atoms with Gasteiger partial charge in [0.15, 0.2) is 0 Å². The second-order valence-corrected chi connectivity index (χ2v) is 11.6. The molecule has 3 N–H and O–H groups in total. The molecule has 1 aromatic heterocycles. The van der Waals surface area contributed by atoms with Crippen molar-refractivity contribution < 1.29 is 18.4 Å². The van der Waals surface area contributed by atoms with Crippen LogP contribution in [0.5, 0.6) is 0 Å². The minimum Gasteiger partial charge on any atom is -0.390 e. The lowest BCUT2D eigenvalue weighted by atomic mass is 9.77. The van der Waals surface area contributed by atoms with E-state index in [2.05, 4.69) is 30.4 Å². The number of fused-ring (bicyclic) bond motifs is 3. The van der Waals surface area contributed by atoms with Gasteiger partial charge in [0.1, 0.15) is 11.6 Å². The highest BCUT2D eigenvalue weighted by molar-refractivity contribution is 6.56. The largest absolute Gasteiger partial charge is 0.492 e. The van der Waals surface area contributed by atoms with Crippen LogP contribution in [0.15, 0.2) is 78.9 Å². The van der Waals surface area contributed by atoms with E-state index in [1.165, 1.54) is 29.8 Å². The van der Waals surface area contributed by atoms with Crippen LogP contribution in [-0.2, 0) is 17.3 Å². The van der Waals surface area contributed by atoms with E-state index in [-0.39, 0.29) is 18.3 Å². The fourth-order valence-corrected chi connectivity index (χ4v) is 5.27. The maximum Gasteiger partial charge on any atom is 0.492 e. The minimum absolute atomic E-state index is 0.156. The summed E-state index contributed by atoms with van der Waals surface area (Å²) in [5, 5.41) is 3.45. The molecular weight excluding hydrogens is 471 g/mol. The number of halogens is 1. The molecule has 1 heterocycles. The number of aromatic nitrogens is 1. The lowest BCUT2D eigenvalue weighted by Crippen LogP contribution is -2.35. The molecule has 5 rings (SSSR count). The van der Waals surface area contributed by atoms with Gasteiger partial charge >= 0.3 is 8.80 Å². The molecule has 1 aliphatic rings. The Bertz CT molecular complexity index is 1370. The Hall–Kier alpha value is -3.36. The van der Waals surface area contributed by atoms with E-state index in [9.17, 15) is 14.0 Å². The third-order valence-electron chi connectivity index (χ3n) is 6.56. The lowest BCUT2D eigenvalue weighted by molar-refractivity contribution is 0.157. The SMILES string of the molecule is Cc1cc2c(nc1Nc1ccc(CCO[Si](C)(O)O)cc1)-c1ccccc1C(c1ccc(F)cc1)C2. The Labute approximate surface area is 211 Å². The molecule has 0 radical (unpaired) electrons. The van der Waals surface area contributed by atoms with Crippen molar-refractivity contribution in [3.05, 3.63) is 112 Å². The summed E-state index contributed by atoms with van der Waals surface area (Å²) < 4.78 is 18.7. The van der Waals surface area contributed by atoms with Crippen LogP contribution in [0, 0.1) is 12.7 Å². The summed E-state index contributed by atoms with van der Waals surface area (Å²) >= 11 is 0. The number of anilines is 2. The number of benzene rings is 3. The normalized spacial score (nSPS) is 14.8. The Morgan fingerprint density at radius 2 is 1.75 bits per heavy atom. The van der Waals surface area contributed by atoms with Crippen LogP contribution < -0.4 is 5.32 Å². The molecule has 1 aliphatic carbocycles. The van der Waals surface area contributed by atoms with Crippen LogP contribution in [0.25, 0.3) is 11.3 Å². The second kappa shape index (κ2) is 9.95. The maximum absolute atomic E-state index is 13.5. The highest BCUT2D eigenvalue weighted by Gasteiger charge is 2.28. The first-order valence-corrected chi connectivity index (χ1v) is 14.4. The van der Waals surface area contributed by atoms with Crippen LogP contribution in [0.2, 0.25) is 6.55 Å². The van der Waals surface area contributed by atoms with Crippen molar-refractivity contribution in [2.45, 2.75) is 32.2 Å². The number of hydrogen-bond acceptors (Lipinski definition) is 5. The average Bonchev–Trinajstić information content (AvgIpc) is 2.85. The van der Waals surface area contributed by atoms with Crippen molar-refractivity contribution in [3.63, 3.8) is 0 Å². The van der Waals surface area contributed by atoms with Crippen molar-refractivity contribution >= 4 is 20.3 Å². The number of rotatable bonds is 7. The van der Waals surface area contributed by atoms with Crippen LogP contribution in [0.3, 0.4) is 0 Å². The fraction of sp³-hybridized carbons (Fsp3) is 0.207. The summed E-state index contributed by atoms with van der Waals surface area (Å²) in [5.74, 6) is 0.739. The molecular formula is C29H29FN2O3Si. The zero-order chi connectivity index (χ0) is 25.3. The van der Waals surface area contributed by atoms with Gasteiger partial charge in [-0.2, -0.15) is 0 Å². The van der Waals surface area contributed by atoms with E-state index in [0.717, 1.165) is 45.9 Å². The van der Waals surface area contributed by atoms with Gasteiger partial charge in [0, 0.05) is 30.3 Å². The monoisotopic (exact) mass is 500 g/mol. The number of nitrogens with one attached hydrogen (secondary N) is 1. The predicted molar refractivity (Wildman–Crippen MR) is 142 cm³/mol. The van der Waals surface area contributed by atoms with Gasteiger partial charge in [0.25, 0.3) is 0 Å². The van der Waals surface area contributed by atoms with Gasteiger partial charge in [-0.1, -0.05) is 54.6 Å². The zero-order valence-corrected chi connectivity index (χ0v) is 21.3. The Morgan fingerprint density at radius 3 is 2.47 bits per heavy atom. The van der Waals surface area contributed by atoms with Gasteiger partial charge in [0.2, 0.25) is 0 Å². The van der Waals surface area contributed by atoms with E-state index in [1.54, 1.807) is 0 Å². The zero-order valence-electron chi connectivity index (χ0n) is 20.3. The predicted octanol–water partition coefficient (Wildman–Crippen LogP) is 5.74. The second-order valence-electron chi connectivity index (χ2n) is 9.41. The third-order valence-corrected chi connectivity index (χ3v) is 7.31. The van der Waals surface area contributed by atoms with Crippen LogP contribution in [0.1, 0.15) is 33.7 Å². The number of hydrogen-bond donors (Lipinski definition) is 3. The van der Waals surface area contributed by atoms with Crippen LogP contribution >= 0.6 is 0 Å². The highest BCUT2D eigenvalue weighted by Crippen LogP contribution is 2.43. The molecule has 5 nitrogen and oxygen atoms in total. The number of aryl methyl sites for hydroxylation is 1. The third kappa shape index (κ3) is 5.39. The van der Waals surface area contributed by atoms with Crippen molar-refractivity contribution in [3.8, 4) is 11.3 Å². The van der Waals surface area contributed by atoms with Crippen molar-refractivity contribution in [2.75, 3.05) is 11.9 Å². The minimum atomic E-state index is -3.48. The van der Waals surface area contributed by atoms with Gasteiger partial charge in [-0.25, -0.2) is 9.37 Å². The molecule has 0 aliphatic heterocycles. The van der Waals surface area contributed by atoms with Gasteiger partial charge in [-0.15, -0.1) is 0 Å². The van der Waals surface area contributed by atoms with Gasteiger partial charge < -0.3 is 19.3 Å². The van der Waals surface area contributed by atoms with Crippen molar-refractivity contribution in [2.24, 2.45) is 0 Å². The standard InChI is InChI=1S/C29H29FN2O3Si/c1-19-17-22-18-27(21-9-11-23(30)12-10-21)25-5-3-4-6-26(25)28(22)32-29(19)31-24-13-7-20(8-14-24)15-16-35-36(2,33)34/h3-14,17,27,33-34H,15-16,18H2,1-2H3,(H,31,32). The fourth-order valence-electron chi connectivity index (χ4n) is 4.78. The maximum atomic E-state index is 13.5. The first-order chi connectivity index (χ1) is 17.3. The van der Waals surface area contributed by atoms with Gasteiger partial charge in [0.05, 0.1) is 5.69 Å². The van der Waals surface area contributed by atoms with E-state index in [4.69, 9.17) is 9.41 Å². The number of pyridine rings is 1. The summed E-state index contributed by atoms with van der Waals surface area (Å²) in [6.07, 6.45) is 1.42. The topological polar surface area (TPSA) is 74.6 Å². The first kappa shape index (κ1) is 24.3. The first-order valence-electron chi connectivity index (χ1n) is 12.1. The lowest BCUT2D eigenvalue weighted by Gasteiger charge is -2.28. The summed E-state index contributed by atoms with van der Waals surface area (Å²) in [6.45, 7) is 3.65. The summed E-state index contributed by atoms with van der Waals surface area (Å²) in [5.41, 5.74) is 8.60. The molecule has 4 aromatic rings. The molecule has 36 heavy (non-hydrogen) atoms. The van der Waals surface area contributed by atoms with Gasteiger partial charge in [-0.05, 0) is 71.8 Å².